The van der Waals surface area contributed by atoms with Gasteiger partial charge in [0.2, 0.25) is 0 Å². The molecule has 0 amide bonds. The van der Waals surface area contributed by atoms with Gasteiger partial charge in [0.25, 0.3) is 0 Å². The molecule has 0 spiro atoms. The fourth-order valence-corrected chi connectivity index (χ4v) is 2.03. The molecule has 1 atom stereocenters. The molecule has 1 aromatic heterocycles. The highest BCUT2D eigenvalue weighted by Gasteiger charge is 2.13. The van der Waals surface area contributed by atoms with Crippen molar-refractivity contribution >= 4 is 27.9 Å². The minimum absolute atomic E-state index is 0.522. The molecule has 0 aliphatic rings. The second-order valence-corrected chi connectivity index (χ2v) is 4.35. The summed E-state index contributed by atoms with van der Waals surface area (Å²) in [5.74, 6) is -0.467. The van der Waals surface area contributed by atoms with Crippen LogP contribution in [0.15, 0.2) is 46.9 Å². The molecule has 96 valence electrons. The zero-order valence-electron chi connectivity index (χ0n) is 10.3. The number of furan rings is 1. The van der Waals surface area contributed by atoms with E-state index in [-0.39, 0.29) is 0 Å². The number of aliphatic carboxylic acids is 1. The minimum Gasteiger partial charge on any atom is -0.479 e. The van der Waals surface area contributed by atoms with Crippen molar-refractivity contribution in [2.24, 2.45) is 0 Å². The minimum atomic E-state index is -0.989. The Morgan fingerprint density at radius 3 is 2.68 bits per heavy atom. The molecule has 0 fully saturated rings. The molecule has 4 heteroatoms. The Labute approximate surface area is 109 Å². The first-order chi connectivity index (χ1) is 9.15. The zero-order chi connectivity index (χ0) is 13.4. The van der Waals surface area contributed by atoms with Gasteiger partial charge in [0.05, 0.1) is 0 Å². The molecule has 0 bridgehead atoms. The Hall–Kier alpha value is -2.49. The number of para-hydroxylation sites is 1. The van der Waals surface area contributed by atoms with Crippen molar-refractivity contribution in [2.45, 2.75) is 13.0 Å². The third kappa shape index (κ3) is 2.01. The van der Waals surface area contributed by atoms with Crippen molar-refractivity contribution in [3.8, 4) is 5.75 Å². The van der Waals surface area contributed by atoms with E-state index in [9.17, 15) is 4.79 Å². The number of rotatable bonds is 3. The summed E-state index contributed by atoms with van der Waals surface area (Å²) in [6, 6.07) is 13.0. The maximum atomic E-state index is 10.8. The van der Waals surface area contributed by atoms with Crippen LogP contribution in [0.2, 0.25) is 0 Å². The quantitative estimate of drug-likeness (QED) is 0.779. The average molecular weight is 256 g/mol. The molecule has 0 radical (unpaired) electrons. The Bertz CT molecular complexity index is 757. The molecule has 3 rings (SSSR count). The van der Waals surface area contributed by atoms with E-state index in [0.717, 1.165) is 21.9 Å². The van der Waals surface area contributed by atoms with Gasteiger partial charge in [-0.05, 0) is 31.2 Å². The molecule has 4 nitrogen and oxygen atoms in total. The van der Waals surface area contributed by atoms with E-state index in [4.69, 9.17) is 14.3 Å². The largest absolute Gasteiger partial charge is 0.479 e. The van der Waals surface area contributed by atoms with E-state index in [1.807, 2.05) is 24.3 Å². The van der Waals surface area contributed by atoms with E-state index in [1.165, 1.54) is 6.92 Å². The fourth-order valence-electron chi connectivity index (χ4n) is 2.03. The van der Waals surface area contributed by atoms with Gasteiger partial charge in [0.1, 0.15) is 16.9 Å². The molecule has 0 saturated carbocycles. The van der Waals surface area contributed by atoms with Crippen LogP contribution in [0.4, 0.5) is 0 Å². The summed E-state index contributed by atoms with van der Waals surface area (Å²) < 4.78 is 11.0. The lowest BCUT2D eigenvalue weighted by molar-refractivity contribution is -0.144. The summed E-state index contributed by atoms with van der Waals surface area (Å²) >= 11 is 0. The van der Waals surface area contributed by atoms with Gasteiger partial charge in [0.15, 0.2) is 6.10 Å². The van der Waals surface area contributed by atoms with Crippen LogP contribution in [0.1, 0.15) is 6.92 Å². The summed E-state index contributed by atoms with van der Waals surface area (Å²) in [6.07, 6.45) is -0.879. The topological polar surface area (TPSA) is 59.7 Å². The fraction of sp³-hybridized carbons (Fsp3) is 0.133. The van der Waals surface area contributed by atoms with Gasteiger partial charge in [-0.25, -0.2) is 4.79 Å². The Morgan fingerprint density at radius 2 is 1.89 bits per heavy atom. The molecular weight excluding hydrogens is 244 g/mol. The first kappa shape index (κ1) is 11.6. The van der Waals surface area contributed by atoms with Crippen LogP contribution in [-0.2, 0) is 4.79 Å². The van der Waals surface area contributed by atoms with Crippen molar-refractivity contribution in [2.75, 3.05) is 0 Å². The third-order valence-corrected chi connectivity index (χ3v) is 3.01. The molecule has 1 heterocycles. The van der Waals surface area contributed by atoms with Crippen LogP contribution in [0.3, 0.4) is 0 Å². The van der Waals surface area contributed by atoms with Crippen molar-refractivity contribution in [3.05, 3.63) is 42.5 Å². The van der Waals surface area contributed by atoms with Crippen LogP contribution in [0.25, 0.3) is 21.9 Å². The Kier molecular flexibility index (Phi) is 2.63. The Morgan fingerprint density at radius 1 is 1.16 bits per heavy atom. The van der Waals surface area contributed by atoms with E-state index < -0.39 is 12.1 Å². The van der Waals surface area contributed by atoms with Crippen molar-refractivity contribution in [1.82, 2.24) is 0 Å². The number of ether oxygens (including phenoxy) is 1. The highest BCUT2D eigenvalue weighted by molar-refractivity contribution is 6.05. The molecule has 19 heavy (non-hydrogen) atoms. The second-order valence-electron chi connectivity index (χ2n) is 4.35. The summed E-state index contributed by atoms with van der Waals surface area (Å²) in [7, 11) is 0. The zero-order valence-corrected chi connectivity index (χ0v) is 10.3. The molecule has 0 unspecified atom stereocenters. The van der Waals surface area contributed by atoms with Crippen molar-refractivity contribution in [3.63, 3.8) is 0 Å². The SMILES string of the molecule is C[C@@H](Oc1ccc2oc3ccccc3c2c1)C(=O)O. The van der Waals surface area contributed by atoms with Gasteiger partial charge < -0.3 is 14.3 Å². The number of carboxylic acid groups (broad SMARTS) is 1. The van der Waals surface area contributed by atoms with Crippen LogP contribution >= 0.6 is 0 Å². The monoisotopic (exact) mass is 256 g/mol. The van der Waals surface area contributed by atoms with Gasteiger partial charge in [-0.15, -0.1) is 0 Å². The van der Waals surface area contributed by atoms with Gasteiger partial charge in [0, 0.05) is 10.8 Å². The molecule has 0 aliphatic carbocycles. The number of carboxylic acids is 1. The van der Waals surface area contributed by atoms with Gasteiger partial charge >= 0.3 is 5.97 Å². The van der Waals surface area contributed by atoms with Crippen LogP contribution in [0, 0.1) is 0 Å². The number of benzene rings is 2. The summed E-state index contributed by atoms with van der Waals surface area (Å²) in [5.41, 5.74) is 1.57. The van der Waals surface area contributed by atoms with E-state index >= 15 is 0 Å². The van der Waals surface area contributed by atoms with Gasteiger partial charge in [-0.3, -0.25) is 0 Å². The van der Waals surface area contributed by atoms with Gasteiger partial charge in [-0.1, -0.05) is 18.2 Å². The van der Waals surface area contributed by atoms with E-state index in [1.54, 1.807) is 18.2 Å². The van der Waals surface area contributed by atoms with Crippen molar-refractivity contribution in [1.29, 1.82) is 0 Å². The van der Waals surface area contributed by atoms with Gasteiger partial charge in [-0.2, -0.15) is 0 Å². The van der Waals surface area contributed by atoms with E-state index in [0.29, 0.717) is 5.75 Å². The van der Waals surface area contributed by atoms with Crippen LogP contribution < -0.4 is 4.74 Å². The van der Waals surface area contributed by atoms with Crippen molar-refractivity contribution < 1.29 is 19.1 Å². The maximum absolute atomic E-state index is 10.8. The van der Waals surface area contributed by atoms with Crippen LogP contribution in [-0.4, -0.2) is 17.2 Å². The number of carbonyl (C=O) groups is 1. The summed E-state index contributed by atoms with van der Waals surface area (Å²) in [6.45, 7) is 1.50. The highest BCUT2D eigenvalue weighted by atomic mass is 16.5. The lowest BCUT2D eigenvalue weighted by Crippen LogP contribution is -2.22. The lowest BCUT2D eigenvalue weighted by Gasteiger charge is -2.09. The number of hydrogen-bond donors (Lipinski definition) is 1. The number of fused-ring (bicyclic) bond motifs is 3. The lowest BCUT2D eigenvalue weighted by atomic mass is 10.1. The summed E-state index contributed by atoms with van der Waals surface area (Å²) in [5, 5.41) is 10.8. The molecule has 2 aromatic carbocycles. The van der Waals surface area contributed by atoms with Crippen LogP contribution in [0.5, 0.6) is 5.75 Å². The smallest absolute Gasteiger partial charge is 0.344 e. The molecule has 0 saturated heterocycles. The highest BCUT2D eigenvalue weighted by Crippen LogP contribution is 2.31. The normalized spacial score (nSPS) is 12.7. The first-order valence-electron chi connectivity index (χ1n) is 5.96. The second kappa shape index (κ2) is 4.31. The maximum Gasteiger partial charge on any atom is 0.344 e. The predicted octanol–water partition coefficient (Wildman–Crippen LogP) is 3.44. The third-order valence-electron chi connectivity index (χ3n) is 3.01. The molecule has 3 aromatic rings. The summed E-state index contributed by atoms with van der Waals surface area (Å²) in [4.78, 5) is 10.8. The predicted molar refractivity (Wildman–Crippen MR) is 71.4 cm³/mol. The number of hydrogen-bond acceptors (Lipinski definition) is 3. The average Bonchev–Trinajstić information content (AvgIpc) is 2.76. The standard InChI is InChI=1S/C15H12O4/c1-9(15(16)17)18-10-6-7-14-12(8-10)11-4-2-3-5-13(11)19-14/h2-9H,1H3,(H,16,17)/t9-/m1/s1. The molecular formula is C15H12O4. The molecule has 0 aliphatic heterocycles. The Balaban J connectivity index is 2.09. The first-order valence-corrected chi connectivity index (χ1v) is 5.96. The molecule has 1 N–H and O–H groups in total. The van der Waals surface area contributed by atoms with E-state index in [2.05, 4.69) is 0 Å².